The van der Waals surface area contributed by atoms with Crippen LogP contribution >= 0.6 is 0 Å². The third-order valence-electron chi connectivity index (χ3n) is 7.38. The standard InChI is InChI=1S/C30H35N5O/c1-21-8-12-24(13-9-21)20-28(29(36)33-18-16-32-17-19-33)35-27-7-5-4-6-26(27)34(30(35)31)23(3)25-14-10-22(2)11-15-25/h4-15,23,28,31-32H,16-20H2,1-3H3. The Labute approximate surface area is 212 Å². The maximum Gasteiger partial charge on any atom is 0.246 e. The molecule has 2 heterocycles. The summed E-state index contributed by atoms with van der Waals surface area (Å²) in [6.45, 7) is 9.27. The van der Waals surface area contributed by atoms with Crippen LogP contribution in [0.25, 0.3) is 11.0 Å². The second-order valence-corrected chi connectivity index (χ2v) is 9.92. The lowest BCUT2D eigenvalue weighted by Gasteiger charge is -2.31. The number of hydrogen-bond donors (Lipinski definition) is 2. The van der Waals surface area contributed by atoms with Gasteiger partial charge in [-0.15, -0.1) is 0 Å². The molecule has 4 aromatic rings. The van der Waals surface area contributed by atoms with Crippen molar-refractivity contribution in [3.05, 3.63) is 101 Å². The fraction of sp³-hybridized carbons (Fsp3) is 0.333. The second-order valence-electron chi connectivity index (χ2n) is 9.92. The van der Waals surface area contributed by atoms with Crippen LogP contribution in [0.1, 0.15) is 41.3 Å². The summed E-state index contributed by atoms with van der Waals surface area (Å²) < 4.78 is 4.03. The van der Waals surface area contributed by atoms with E-state index in [1.165, 1.54) is 11.1 Å². The molecular formula is C30H35N5O. The number of para-hydroxylation sites is 2. The zero-order chi connectivity index (χ0) is 25.2. The Morgan fingerprint density at radius 1 is 0.861 bits per heavy atom. The molecule has 6 nitrogen and oxygen atoms in total. The molecule has 1 amide bonds. The van der Waals surface area contributed by atoms with E-state index in [9.17, 15) is 10.2 Å². The number of amides is 1. The maximum absolute atomic E-state index is 14.0. The van der Waals surface area contributed by atoms with Gasteiger partial charge >= 0.3 is 0 Å². The SMILES string of the molecule is Cc1ccc(CC(C(=O)N2CCNCC2)n2c(=N)n(C(C)c3ccc(C)cc3)c3ccccc32)cc1. The van der Waals surface area contributed by atoms with Crippen LogP contribution in [0, 0.1) is 19.3 Å². The van der Waals surface area contributed by atoms with Crippen molar-refractivity contribution in [2.24, 2.45) is 0 Å². The third kappa shape index (κ3) is 4.61. The number of fused-ring (bicyclic) bond motifs is 1. The number of hydrogen-bond acceptors (Lipinski definition) is 3. The molecule has 1 fully saturated rings. The molecule has 6 heteroatoms. The highest BCUT2D eigenvalue weighted by Gasteiger charge is 2.31. The molecule has 36 heavy (non-hydrogen) atoms. The zero-order valence-corrected chi connectivity index (χ0v) is 21.4. The average Bonchev–Trinajstić information content (AvgIpc) is 3.20. The highest BCUT2D eigenvalue weighted by molar-refractivity contribution is 5.84. The van der Waals surface area contributed by atoms with Crippen molar-refractivity contribution < 1.29 is 4.79 Å². The van der Waals surface area contributed by atoms with Gasteiger partial charge in [0, 0.05) is 32.6 Å². The van der Waals surface area contributed by atoms with Crippen molar-refractivity contribution >= 4 is 16.9 Å². The largest absolute Gasteiger partial charge is 0.338 e. The minimum atomic E-state index is -0.491. The first kappa shape index (κ1) is 24.1. The zero-order valence-electron chi connectivity index (χ0n) is 21.4. The maximum atomic E-state index is 14.0. The smallest absolute Gasteiger partial charge is 0.246 e. The summed E-state index contributed by atoms with van der Waals surface area (Å²) in [5.41, 5.74) is 6.89. The van der Waals surface area contributed by atoms with E-state index >= 15 is 0 Å². The molecule has 1 aliphatic rings. The number of imidazole rings is 1. The number of carbonyl (C=O) groups excluding carboxylic acids is 1. The van der Waals surface area contributed by atoms with Crippen LogP contribution in [0.2, 0.25) is 0 Å². The van der Waals surface area contributed by atoms with Gasteiger partial charge < -0.3 is 14.8 Å². The number of nitrogens with zero attached hydrogens (tertiary/aromatic N) is 3. The van der Waals surface area contributed by atoms with E-state index in [0.29, 0.717) is 25.1 Å². The van der Waals surface area contributed by atoms with Crippen LogP contribution < -0.4 is 10.9 Å². The van der Waals surface area contributed by atoms with Gasteiger partial charge in [0.05, 0.1) is 17.1 Å². The summed E-state index contributed by atoms with van der Waals surface area (Å²) in [5, 5.41) is 12.7. The first-order valence-electron chi connectivity index (χ1n) is 12.8. The molecule has 0 saturated carbocycles. The van der Waals surface area contributed by atoms with Gasteiger partial charge in [-0.2, -0.15) is 0 Å². The minimum absolute atomic E-state index is 0.0430. The van der Waals surface area contributed by atoms with E-state index in [4.69, 9.17) is 0 Å². The Hall–Kier alpha value is -3.64. The first-order valence-corrected chi connectivity index (χ1v) is 12.8. The summed E-state index contributed by atoms with van der Waals surface area (Å²) >= 11 is 0. The van der Waals surface area contributed by atoms with Gasteiger partial charge in [-0.3, -0.25) is 14.8 Å². The van der Waals surface area contributed by atoms with Gasteiger partial charge in [0.2, 0.25) is 11.5 Å². The van der Waals surface area contributed by atoms with Gasteiger partial charge in [-0.25, -0.2) is 0 Å². The Bertz CT molecular complexity index is 1410. The molecule has 0 aliphatic carbocycles. The highest BCUT2D eigenvalue weighted by atomic mass is 16.2. The number of benzene rings is 3. The minimum Gasteiger partial charge on any atom is -0.338 e. The lowest BCUT2D eigenvalue weighted by Crippen LogP contribution is -2.50. The monoisotopic (exact) mass is 481 g/mol. The van der Waals surface area contributed by atoms with Crippen molar-refractivity contribution in [3.63, 3.8) is 0 Å². The van der Waals surface area contributed by atoms with Crippen LogP contribution in [0.4, 0.5) is 0 Å². The number of aryl methyl sites for hydroxylation is 2. The molecule has 1 saturated heterocycles. The second kappa shape index (κ2) is 10.2. The number of aromatic nitrogens is 2. The van der Waals surface area contributed by atoms with Gasteiger partial charge in [0.25, 0.3) is 0 Å². The molecule has 2 unspecified atom stereocenters. The van der Waals surface area contributed by atoms with Gasteiger partial charge in [0.1, 0.15) is 6.04 Å². The Kier molecular flexibility index (Phi) is 6.79. The van der Waals surface area contributed by atoms with E-state index in [-0.39, 0.29) is 11.9 Å². The van der Waals surface area contributed by atoms with Crippen molar-refractivity contribution in [1.82, 2.24) is 19.4 Å². The van der Waals surface area contributed by atoms with E-state index < -0.39 is 6.04 Å². The predicted molar refractivity (Wildman–Crippen MR) is 144 cm³/mol. The van der Waals surface area contributed by atoms with Crippen LogP contribution in [0.15, 0.2) is 72.8 Å². The molecule has 5 rings (SSSR count). The molecule has 0 radical (unpaired) electrons. The molecule has 1 aliphatic heterocycles. The summed E-state index contributed by atoms with van der Waals surface area (Å²) in [6, 6.07) is 24.5. The summed E-state index contributed by atoms with van der Waals surface area (Å²) in [4.78, 5) is 16.0. The first-order chi connectivity index (χ1) is 17.4. The fourth-order valence-electron chi connectivity index (χ4n) is 5.25. The van der Waals surface area contributed by atoms with Crippen LogP contribution in [0.5, 0.6) is 0 Å². The van der Waals surface area contributed by atoms with Gasteiger partial charge in [-0.1, -0.05) is 71.8 Å². The molecule has 2 N–H and O–H groups in total. The van der Waals surface area contributed by atoms with E-state index in [1.807, 2.05) is 27.7 Å². The Balaban J connectivity index is 1.65. The molecule has 0 spiro atoms. The van der Waals surface area contributed by atoms with Crippen molar-refractivity contribution in [3.8, 4) is 0 Å². The number of nitrogens with one attached hydrogen (secondary N) is 2. The molecule has 2 atom stereocenters. The van der Waals surface area contributed by atoms with E-state index in [0.717, 1.165) is 35.2 Å². The summed E-state index contributed by atoms with van der Waals surface area (Å²) in [7, 11) is 0. The fourth-order valence-corrected chi connectivity index (χ4v) is 5.25. The normalized spacial score (nSPS) is 15.7. The van der Waals surface area contributed by atoms with E-state index in [2.05, 4.69) is 85.3 Å². The molecule has 0 bridgehead atoms. The van der Waals surface area contributed by atoms with Gasteiger partial charge in [-0.05, 0) is 44.0 Å². The molecule has 186 valence electrons. The van der Waals surface area contributed by atoms with Crippen LogP contribution in [-0.4, -0.2) is 46.1 Å². The lowest BCUT2D eigenvalue weighted by molar-refractivity contribution is -0.135. The number of piperazine rings is 1. The summed E-state index contributed by atoms with van der Waals surface area (Å²) in [6.07, 6.45) is 0.548. The molecule has 1 aromatic heterocycles. The molecular weight excluding hydrogens is 446 g/mol. The lowest BCUT2D eigenvalue weighted by atomic mass is 10.0. The molecule has 3 aromatic carbocycles. The van der Waals surface area contributed by atoms with Crippen molar-refractivity contribution in [2.45, 2.75) is 39.3 Å². The number of carbonyl (C=O) groups is 1. The quantitative estimate of drug-likeness (QED) is 0.430. The topological polar surface area (TPSA) is 66.1 Å². The Morgan fingerprint density at radius 2 is 1.42 bits per heavy atom. The third-order valence-corrected chi connectivity index (χ3v) is 7.38. The van der Waals surface area contributed by atoms with Crippen molar-refractivity contribution in [2.75, 3.05) is 26.2 Å². The predicted octanol–water partition coefficient (Wildman–Crippen LogP) is 4.36. The average molecular weight is 482 g/mol. The van der Waals surface area contributed by atoms with Crippen LogP contribution in [0.3, 0.4) is 0 Å². The van der Waals surface area contributed by atoms with Gasteiger partial charge in [0.15, 0.2) is 0 Å². The Morgan fingerprint density at radius 3 is 2.03 bits per heavy atom. The van der Waals surface area contributed by atoms with E-state index in [1.54, 1.807) is 0 Å². The highest BCUT2D eigenvalue weighted by Crippen LogP contribution is 2.27. The van der Waals surface area contributed by atoms with Crippen molar-refractivity contribution in [1.29, 1.82) is 5.41 Å². The summed E-state index contributed by atoms with van der Waals surface area (Å²) in [5.74, 6) is 0.0847. The number of rotatable bonds is 6. The van der Waals surface area contributed by atoms with Crippen LogP contribution in [-0.2, 0) is 11.2 Å².